The van der Waals surface area contributed by atoms with Gasteiger partial charge in [-0.3, -0.25) is 0 Å². The minimum Gasteiger partial charge on any atom is -0.399 e. The van der Waals surface area contributed by atoms with E-state index >= 15 is 0 Å². The SMILES string of the molecule is CN(Cc1ccc(Cl)s1)c1ccc(N)cc1S(N)(=O)=O. The topological polar surface area (TPSA) is 89.4 Å². The number of hydrogen-bond acceptors (Lipinski definition) is 5. The molecule has 0 unspecified atom stereocenters. The summed E-state index contributed by atoms with van der Waals surface area (Å²) >= 11 is 7.33. The zero-order chi connectivity index (χ0) is 14.9. The number of sulfonamides is 1. The highest BCUT2D eigenvalue weighted by molar-refractivity contribution is 7.89. The van der Waals surface area contributed by atoms with Gasteiger partial charge < -0.3 is 10.6 Å². The predicted molar refractivity (Wildman–Crippen MR) is 83.7 cm³/mol. The predicted octanol–water partition coefficient (Wildman–Crippen LogP) is 2.27. The molecule has 108 valence electrons. The van der Waals surface area contributed by atoms with Crippen LogP contribution in [0.15, 0.2) is 35.2 Å². The van der Waals surface area contributed by atoms with Gasteiger partial charge in [0.15, 0.2) is 0 Å². The first-order valence-electron chi connectivity index (χ1n) is 5.65. The molecule has 0 spiro atoms. The molecule has 0 aliphatic rings. The van der Waals surface area contributed by atoms with Crippen molar-refractivity contribution in [1.29, 1.82) is 0 Å². The van der Waals surface area contributed by atoms with E-state index in [2.05, 4.69) is 0 Å². The molecular weight excluding hydrogens is 318 g/mol. The molecule has 0 aliphatic carbocycles. The number of hydrogen-bond donors (Lipinski definition) is 2. The van der Waals surface area contributed by atoms with E-state index in [4.69, 9.17) is 22.5 Å². The highest BCUT2D eigenvalue weighted by Crippen LogP contribution is 2.29. The Morgan fingerprint density at radius 2 is 2.00 bits per heavy atom. The van der Waals surface area contributed by atoms with Crippen LogP contribution in [0.1, 0.15) is 4.88 Å². The summed E-state index contributed by atoms with van der Waals surface area (Å²) in [5.74, 6) is 0. The van der Waals surface area contributed by atoms with Gasteiger partial charge in [-0.25, -0.2) is 13.6 Å². The van der Waals surface area contributed by atoms with E-state index in [0.717, 1.165) is 4.88 Å². The maximum absolute atomic E-state index is 11.6. The average Bonchev–Trinajstić information content (AvgIpc) is 2.73. The summed E-state index contributed by atoms with van der Waals surface area (Å²) in [5.41, 5.74) is 6.48. The summed E-state index contributed by atoms with van der Waals surface area (Å²) in [6, 6.07) is 8.35. The van der Waals surface area contributed by atoms with Gasteiger partial charge in [-0.2, -0.15) is 0 Å². The summed E-state index contributed by atoms with van der Waals surface area (Å²) in [5, 5.41) is 5.23. The fourth-order valence-electron chi connectivity index (χ4n) is 1.83. The lowest BCUT2D eigenvalue weighted by molar-refractivity contribution is 0.597. The van der Waals surface area contributed by atoms with Crippen molar-refractivity contribution in [2.75, 3.05) is 17.7 Å². The van der Waals surface area contributed by atoms with Crippen LogP contribution in [0.4, 0.5) is 11.4 Å². The Labute approximate surface area is 126 Å². The second kappa shape index (κ2) is 5.61. The van der Waals surface area contributed by atoms with Crippen LogP contribution in [0, 0.1) is 0 Å². The molecule has 1 aromatic carbocycles. The van der Waals surface area contributed by atoms with Crippen molar-refractivity contribution in [3.8, 4) is 0 Å². The van der Waals surface area contributed by atoms with Crippen molar-refractivity contribution < 1.29 is 8.42 Å². The van der Waals surface area contributed by atoms with E-state index in [1.165, 1.54) is 17.4 Å². The molecule has 0 atom stereocenters. The summed E-state index contributed by atoms with van der Waals surface area (Å²) in [6.07, 6.45) is 0. The number of thiophene rings is 1. The molecule has 1 aromatic heterocycles. The fourth-order valence-corrected chi connectivity index (χ4v) is 3.79. The second-order valence-electron chi connectivity index (χ2n) is 4.33. The normalized spacial score (nSPS) is 11.6. The first kappa shape index (κ1) is 15.1. The summed E-state index contributed by atoms with van der Waals surface area (Å²) in [4.78, 5) is 2.83. The molecule has 0 aliphatic heterocycles. The standard InChI is InChI=1S/C12H14ClN3O2S2/c1-16(7-9-3-5-12(13)19-9)10-4-2-8(14)6-11(10)20(15,17)18/h2-6H,7,14H2,1H3,(H2,15,17,18). The van der Waals surface area contributed by atoms with Crippen molar-refractivity contribution in [3.63, 3.8) is 0 Å². The van der Waals surface area contributed by atoms with E-state index in [-0.39, 0.29) is 4.90 Å². The molecule has 1 heterocycles. The third kappa shape index (κ3) is 3.43. The third-order valence-corrected chi connectivity index (χ3v) is 4.88. The monoisotopic (exact) mass is 331 g/mol. The average molecular weight is 332 g/mol. The number of halogens is 1. The van der Waals surface area contributed by atoms with Crippen molar-refractivity contribution in [1.82, 2.24) is 0 Å². The molecule has 0 fully saturated rings. The van der Waals surface area contributed by atoms with Crippen molar-refractivity contribution in [2.24, 2.45) is 5.14 Å². The third-order valence-electron chi connectivity index (χ3n) is 2.72. The number of anilines is 2. The largest absolute Gasteiger partial charge is 0.399 e. The van der Waals surface area contributed by atoms with Crippen LogP contribution in [0.5, 0.6) is 0 Å². The number of benzene rings is 1. The fraction of sp³-hybridized carbons (Fsp3) is 0.167. The van der Waals surface area contributed by atoms with Crippen LogP contribution in [0.3, 0.4) is 0 Å². The number of nitrogens with zero attached hydrogens (tertiary/aromatic N) is 1. The summed E-state index contributed by atoms with van der Waals surface area (Å²) < 4.78 is 24.0. The minimum atomic E-state index is -3.83. The molecule has 0 radical (unpaired) electrons. The molecule has 20 heavy (non-hydrogen) atoms. The van der Waals surface area contributed by atoms with Crippen molar-refractivity contribution in [2.45, 2.75) is 11.4 Å². The van der Waals surface area contributed by atoms with Gasteiger partial charge in [0, 0.05) is 17.6 Å². The highest BCUT2D eigenvalue weighted by atomic mass is 35.5. The zero-order valence-electron chi connectivity index (χ0n) is 10.7. The maximum atomic E-state index is 11.6. The Kier molecular flexibility index (Phi) is 4.24. The van der Waals surface area contributed by atoms with Gasteiger partial charge in [-0.15, -0.1) is 11.3 Å². The maximum Gasteiger partial charge on any atom is 0.240 e. The Balaban J connectivity index is 2.37. The Bertz CT molecular complexity index is 728. The van der Waals surface area contributed by atoms with Gasteiger partial charge in [-0.05, 0) is 30.3 Å². The van der Waals surface area contributed by atoms with E-state index in [1.54, 1.807) is 30.1 Å². The van der Waals surface area contributed by atoms with E-state index < -0.39 is 10.0 Å². The van der Waals surface area contributed by atoms with Crippen LogP contribution < -0.4 is 15.8 Å². The molecule has 5 nitrogen and oxygen atoms in total. The number of nitrogen functional groups attached to an aromatic ring is 1. The minimum absolute atomic E-state index is 0.0163. The lowest BCUT2D eigenvalue weighted by atomic mass is 10.2. The zero-order valence-corrected chi connectivity index (χ0v) is 13.1. The van der Waals surface area contributed by atoms with Crippen molar-refractivity contribution in [3.05, 3.63) is 39.5 Å². The van der Waals surface area contributed by atoms with Crippen LogP contribution in [0.2, 0.25) is 4.34 Å². The highest BCUT2D eigenvalue weighted by Gasteiger charge is 2.17. The molecule has 0 amide bonds. The van der Waals surface area contributed by atoms with Crippen LogP contribution in [-0.2, 0) is 16.6 Å². The smallest absolute Gasteiger partial charge is 0.240 e. The first-order chi connectivity index (χ1) is 9.27. The molecule has 4 N–H and O–H groups in total. The Morgan fingerprint density at radius 1 is 1.30 bits per heavy atom. The molecule has 8 heteroatoms. The van der Waals surface area contributed by atoms with Crippen LogP contribution in [-0.4, -0.2) is 15.5 Å². The lowest BCUT2D eigenvalue weighted by Gasteiger charge is -2.21. The van der Waals surface area contributed by atoms with E-state index in [0.29, 0.717) is 22.3 Å². The van der Waals surface area contributed by atoms with E-state index in [1.807, 2.05) is 6.07 Å². The van der Waals surface area contributed by atoms with Crippen molar-refractivity contribution >= 4 is 44.3 Å². The van der Waals surface area contributed by atoms with Gasteiger partial charge in [0.1, 0.15) is 4.90 Å². The second-order valence-corrected chi connectivity index (χ2v) is 7.66. The van der Waals surface area contributed by atoms with Gasteiger partial charge >= 0.3 is 0 Å². The Hall–Kier alpha value is -1.28. The number of primary sulfonamides is 1. The molecule has 0 bridgehead atoms. The Morgan fingerprint density at radius 3 is 2.55 bits per heavy atom. The summed E-state index contributed by atoms with van der Waals surface area (Å²) in [6.45, 7) is 0.532. The quantitative estimate of drug-likeness (QED) is 0.841. The molecule has 2 rings (SSSR count). The van der Waals surface area contributed by atoms with Gasteiger partial charge in [0.2, 0.25) is 10.0 Å². The lowest BCUT2D eigenvalue weighted by Crippen LogP contribution is -2.21. The molecular formula is C12H14ClN3O2S2. The number of rotatable bonds is 4. The number of nitrogens with two attached hydrogens (primary N) is 2. The summed E-state index contributed by atoms with van der Waals surface area (Å²) in [7, 11) is -2.05. The first-order valence-corrected chi connectivity index (χ1v) is 8.39. The van der Waals surface area contributed by atoms with Crippen LogP contribution in [0.25, 0.3) is 0 Å². The molecule has 0 saturated heterocycles. The molecule has 0 saturated carbocycles. The van der Waals surface area contributed by atoms with Gasteiger partial charge in [-0.1, -0.05) is 11.6 Å². The van der Waals surface area contributed by atoms with Gasteiger partial charge in [0.05, 0.1) is 16.6 Å². The van der Waals surface area contributed by atoms with Gasteiger partial charge in [0.25, 0.3) is 0 Å². The van der Waals surface area contributed by atoms with Crippen LogP contribution >= 0.6 is 22.9 Å². The molecule has 2 aromatic rings. The van der Waals surface area contributed by atoms with E-state index in [9.17, 15) is 8.42 Å².